The SMILES string of the molecule is Cc1ccnc(N[C@@H]2CCN(C(=O)OC(C)(C)C)C2)n1. The van der Waals surface area contributed by atoms with Crippen molar-refractivity contribution in [3.05, 3.63) is 18.0 Å². The summed E-state index contributed by atoms with van der Waals surface area (Å²) < 4.78 is 5.37. The van der Waals surface area contributed by atoms with Crippen molar-refractivity contribution in [3.8, 4) is 0 Å². The number of rotatable bonds is 2. The maximum atomic E-state index is 12.0. The standard InChI is InChI=1S/C14H22N4O2/c1-10-5-7-15-12(16-10)17-11-6-8-18(9-11)13(19)20-14(2,3)4/h5,7,11H,6,8-9H2,1-4H3,(H,15,16,17)/t11-/m1/s1. The van der Waals surface area contributed by atoms with Crippen LogP contribution in [-0.2, 0) is 4.74 Å². The zero-order valence-corrected chi connectivity index (χ0v) is 12.5. The molecular weight excluding hydrogens is 256 g/mol. The molecule has 0 unspecified atom stereocenters. The Bertz CT molecular complexity index is 484. The van der Waals surface area contributed by atoms with Crippen LogP contribution in [0.3, 0.4) is 0 Å². The highest BCUT2D eigenvalue weighted by molar-refractivity contribution is 5.68. The van der Waals surface area contributed by atoms with Crippen molar-refractivity contribution >= 4 is 12.0 Å². The first-order valence-electron chi connectivity index (χ1n) is 6.87. The highest BCUT2D eigenvalue weighted by Crippen LogP contribution is 2.17. The number of nitrogens with one attached hydrogen (secondary N) is 1. The molecule has 6 heteroatoms. The first-order chi connectivity index (χ1) is 9.33. The van der Waals surface area contributed by atoms with Gasteiger partial charge in [-0.15, -0.1) is 0 Å². The van der Waals surface area contributed by atoms with Gasteiger partial charge in [-0.25, -0.2) is 14.8 Å². The number of carbonyl (C=O) groups is 1. The molecule has 1 atom stereocenters. The first kappa shape index (κ1) is 14.6. The summed E-state index contributed by atoms with van der Waals surface area (Å²) in [6.45, 7) is 8.85. The van der Waals surface area contributed by atoms with Gasteiger partial charge in [-0.2, -0.15) is 0 Å². The molecule has 1 saturated heterocycles. The summed E-state index contributed by atoms with van der Waals surface area (Å²) in [6.07, 6.45) is 2.34. The third kappa shape index (κ3) is 4.08. The van der Waals surface area contributed by atoms with Gasteiger partial charge in [0.1, 0.15) is 5.60 Å². The van der Waals surface area contributed by atoms with Crippen LogP contribution in [0.25, 0.3) is 0 Å². The maximum Gasteiger partial charge on any atom is 0.410 e. The Balaban J connectivity index is 1.88. The zero-order valence-electron chi connectivity index (χ0n) is 12.5. The lowest BCUT2D eigenvalue weighted by Gasteiger charge is -2.24. The molecule has 1 aliphatic heterocycles. The molecular formula is C14H22N4O2. The summed E-state index contributed by atoms with van der Waals surface area (Å²) in [7, 11) is 0. The molecule has 0 saturated carbocycles. The van der Waals surface area contributed by atoms with E-state index in [9.17, 15) is 4.79 Å². The minimum absolute atomic E-state index is 0.171. The number of anilines is 1. The van der Waals surface area contributed by atoms with E-state index < -0.39 is 5.60 Å². The summed E-state index contributed by atoms with van der Waals surface area (Å²) >= 11 is 0. The Kier molecular flexibility index (Phi) is 4.11. The average molecular weight is 278 g/mol. The van der Waals surface area contributed by atoms with Crippen LogP contribution < -0.4 is 5.32 Å². The lowest BCUT2D eigenvalue weighted by atomic mass is 10.2. The van der Waals surface area contributed by atoms with Crippen LogP contribution in [0.5, 0.6) is 0 Å². The van der Waals surface area contributed by atoms with E-state index in [1.165, 1.54) is 0 Å². The third-order valence-electron chi connectivity index (χ3n) is 2.97. The second kappa shape index (κ2) is 5.64. The fourth-order valence-electron chi connectivity index (χ4n) is 2.07. The number of nitrogens with zero attached hydrogens (tertiary/aromatic N) is 3. The van der Waals surface area contributed by atoms with E-state index in [4.69, 9.17) is 4.74 Å². The highest BCUT2D eigenvalue weighted by atomic mass is 16.6. The predicted molar refractivity (Wildman–Crippen MR) is 76.6 cm³/mol. The molecule has 2 heterocycles. The Hall–Kier alpha value is -1.85. The van der Waals surface area contributed by atoms with E-state index in [-0.39, 0.29) is 12.1 Å². The molecule has 1 amide bonds. The third-order valence-corrected chi connectivity index (χ3v) is 2.97. The van der Waals surface area contributed by atoms with Crippen molar-refractivity contribution in [2.45, 2.75) is 45.8 Å². The quantitative estimate of drug-likeness (QED) is 0.898. The smallest absolute Gasteiger partial charge is 0.410 e. The summed E-state index contributed by atoms with van der Waals surface area (Å²) in [4.78, 5) is 22.2. The molecule has 1 aliphatic rings. The summed E-state index contributed by atoms with van der Waals surface area (Å²) in [6, 6.07) is 2.02. The van der Waals surface area contributed by atoms with Gasteiger partial charge >= 0.3 is 6.09 Å². The minimum atomic E-state index is -0.456. The van der Waals surface area contributed by atoms with Gasteiger partial charge in [0, 0.05) is 31.0 Å². The van der Waals surface area contributed by atoms with Gasteiger partial charge in [0.2, 0.25) is 5.95 Å². The Morgan fingerprint density at radius 1 is 1.50 bits per heavy atom. The monoisotopic (exact) mass is 278 g/mol. The van der Waals surface area contributed by atoms with Gasteiger partial charge in [0.25, 0.3) is 0 Å². The first-order valence-corrected chi connectivity index (χ1v) is 6.87. The number of carbonyl (C=O) groups excluding carboxylic acids is 1. The molecule has 1 N–H and O–H groups in total. The van der Waals surface area contributed by atoms with E-state index in [1.807, 2.05) is 33.8 Å². The van der Waals surface area contributed by atoms with Crippen LogP contribution in [0.15, 0.2) is 12.3 Å². The number of hydrogen-bond donors (Lipinski definition) is 1. The number of hydrogen-bond acceptors (Lipinski definition) is 5. The van der Waals surface area contributed by atoms with Gasteiger partial charge < -0.3 is 15.0 Å². The van der Waals surface area contributed by atoms with Crippen LogP contribution in [0.4, 0.5) is 10.7 Å². The number of aryl methyl sites for hydroxylation is 1. The van der Waals surface area contributed by atoms with Crippen molar-refractivity contribution in [3.63, 3.8) is 0 Å². The molecule has 2 rings (SSSR count). The molecule has 110 valence electrons. The molecule has 0 aromatic carbocycles. The number of ether oxygens (including phenoxy) is 1. The molecule has 1 fully saturated rings. The fourth-order valence-corrected chi connectivity index (χ4v) is 2.07. The number of amides is 1. The van der Waals surface area contributed by atoms with Gasteiger partial charge in [-0.1, -0.05) is 0 Å². The summed E-state index contributed by atoms with van der Waals surface area (Å²) in [5, 5.41) is 3.26. The lowest BCUT2D eigenvalue weighted by molar-refractivity contribution is 0.0293. The van der Waals surface area contributed by atoms with Crippen molar-refractivity contribution in [2.24, 2.45) is 0 Å². The van der Waals surface area contributed by atoms with E-state index >= 15 is 0 Å². The summed E-state index contributed by atoms with van der Waals surface area (Å²) in [5.74, 6) is 0.612. The highest BCUT2D eigenvalue weighted by Gasteiger charge is 2.29. The van der Waals surface area contributed by atoms with Crippen molar-refractivity contribution < 1.29 is 9.53 Å². The second-order valence-electron chi connectivity index (χ2n) is 6.08. The van der Waals surface area contributed by atoms with Gasteiger partial charge in [0.15, 0.2) is 0 Å². The summed E-state index contributed by atoms with van der Waals surface area (Å²) in [5.41, 5.74) is 0.465. The van der Waals surface area contributed by atoms with Gasteiger partial charge in [-0.3, -0.25) is 0 Å². The molecule has 0 aliphatic carbocycles. The van der Waals surface area contributed by atoms with Gasteiger partial charge in [-0.05, 0) is 40.2 Å². The number of likely N-dealkylation sites (tertiary alicyclic amines) is 1. The normalized spacial score (nSPS) is 19.0. The Morgan fingerprint density at radius 2 is 2.25 bits per heavy atom. The minimum Gasteiger partial charge on any atom is -0.444 e. The van der Waals surface area contributed by atoms with E-state index in [0.29, 0.717) is 19.0 Å². The lowest BCUT2D eigenvalue weighted by Crippen LogP contribution is -2.36. The molecule has 20 heavy (non-hydrogen) atoms. The second-order valence-corrected chi connectivity index (χ2v) is 6.08. The van der Waals surface area contributed by atoms with Crippen molar-refractivity contribution in [1.82, 2.24) is 14.9 Å². The van der Waals surface area contributed by atoms with E-state index in [0.717, 1.165) is 12.1 Å². The fraction of sp³-hybridized carbons (Fsp3) is 0.643. The predicted octanol–water partition coefficient (Wildman–Crippen LogP) is 2.21. The Labute approximate surface area is 119 Å². The average Bonchev–Trinajstić information content (AvgIpc) is 2.75. The molecule has 1 aromatic heterocycles. The van der Waals surface area contributed by atoms with Crippen molar-refractivity contribution in [1.29, 1.82) is 0 Å². The molecule has 0 radical (unpaired) electrons. The Morgan fingerprint density at radius 3 is 2.90 bits per heavy atom. The van der Waals surface area contributed by atoms with Crippen LogP contribution in [0.1, 0.15) is 32.9 Å². The topological polar surface area (TPSA) is 67.4 Å². The van der Waals surface area contributed by atoms with E-state index in [1.54, 1.807) is 11.1 Å². The zero-order chi connectivity index (χ0) is 14.8. The van der Waals surface area contributed by atoms with Crippen LogP contribution in [0.2, 0.25) is 0 Å². The maximum absolute atomic E-state index is 12.0. The van der Waals surface area contributed by atoms with Crippen molar-refractivity contribution in [2.75, 3.05) is 18.4 Å². The molecule has 1 aromatic rings. The van der Waals surface area contributed by atoms with Crippen LogP contribution in [0, 0.1) is 6.92 Å². The van der Waals surface area contributed by atoms with Crippen LogP contribution >= 0.6 is 0 Å². The molecule has 6 nitrogen and oxygen atoms in total. The van der Waals surface area contributed by atoms with Crippen LogP contribution in [-0.4, -0.2) is 45.7 Å². The molecule has 0 bridgehead atoms. The van der Waals surface area contributed by atoms with E-state index in [2.05, 4.69) is 15.3 Å². The number of aromatic nitrogens is 2. The largest absolute Gasteiger partial charge is 0.444 e. The van der Waals surface area contributed by atoms with Gasteiger partial charge in [0.05, 0.1) is 0 Å². The molecule has 0 spiro atoms.